The Morgan fingerprint density at radius 3 is 1.12 bits per heavy atom. The van der Waals surface area contributed by atoms with Gasteiger partial charge in [0.1, 0.15) is 0 Å². The fraction of sp³-hybridized carbons (Fsp3) is 0.333. The molecular formula is C9H9F5GeSe. The van der Waals surface area contributed by atoms with Crippen molar-refractivity contribution in [2.45, 2.75) is 17.3 Å². The first-order valence-corrected chi connectivity index (χ1v) is 11.3. The van der Waals surface area contributed by atoms with Crippen molar-refractivity contribution in [3.05, 3.63) is 29.1 Å². The van der Waals surface area contributed by atoms with Gasteiger partial charge in [0.25, 0.3) is 0 Å². The van der Waals surface area contributed by atoms with Crippen molar-refractivity contribution >= 4 is 34.8 Å². The molecule has 0 N–H and O–H groups in total. The van der Waals surface area contributed by atoms with Crippen LogP contribution in [0.5, 0.6) is 0 Å². The number of hydrogen-bond acceptors (Lipinski definition) is 0. The van der Waals surface area contributed by atoms with E-state index in [0.717, 1.165) is 0 Å². The molecule has 0 aliphatic carbocycles. The van der Waals surface area contributed by atoms with Crippen LogP contribution in [0.25, 0.3) is 0 Å². The molecule has 0 bridgehead atoms. The van der Waals surface area contributed by atoms with Crippen molar-refractivity contribution in [1.82, 2.24) is 0 Å². The Hall–Kier alpha value is -0.0677. The summed E-state index contributed by atoms with van der Waals surface area (Å²) in [6.45, 7) is 0. The third kappa shape index (κ3) is 4.07. The van der Waals surface area contributed by atoms with Gasteiger partial charge in [-0.3, -0.25) is 0 Å². The van der Waals surface area contributed by atoms with Crippen LogP contribution in [0.2, 0.25) is 17.3 Å². The minimum atomic E-state index is -2.15. The summed E-state index contributed by atoms with van der Waals surface area (Å²) in [4.78, 5) is 0. The van der Waals surface area contributed by atoms with Crippen LogP contribution in [0.4, 0.5) is 22.0 Å². The second-order valence-corrected chi connectivity index (χ2v) is 10.5. The minimum absolute atomic E-state index is 0.333. The zero-order chi connectivity index (χ0) is 13.0. The Morgan fingerprint density at radius 1 is 0.688 bits per heavy atom. The van der Waals surface area contributed by atoms with E-state index in [9.17, 15) is 22.0 Å². The molecule has 0 nitrogen and oxygen atoms in total. The fourth-order valence-corrected chi connectivity index (χ4v) is 0.961. The van der Waals surface area contributed by atoms with Crippen molar-refractivity contribution in [2.75, 3.05) is 0 Å². The summed E-state index contributed by atoms with van der Waals surface area (Å²) in [5.41, 5.74) is 0. The van der Waals surface area contributed by atoms with Crippen LogP contribution in [0, 0.1) is 29.1 Å². The van der Waals surface area contributed by atoms with Crippen molar-refractivity contribution in [2.24, 2.45) is 0 Å². The average Bonchev–Trinajstić information content (AvgIpc) is 2.20. The van der Waals surface area contributed by atoms with Gasteiger partial charge in [0.05, 0.1) is 0 Å². The molecule has 1 aromatic carbocycles. The van der Waals surface area contributed by atoms with E-state index in [1.165, 1.54) is 0 Å². The van der Waals surface area contributed by atoms with E-state index in [2.05, 4.69) is 17.3 Å². The Labute approximate surface area is 103 Å². The van der Waals surface area contributed by atoms with E-state index in [0.29, 0.717) is 0 Å². The van der Waals surface area contributed by atoms with Crippen LogP contribution in [-0.4, -0.2) is 30.4 Å². The Morgan fingerprint density at radius 2 is 0.875 bits per heavy atom. The first-order chi connectivity index (χ1) is 7.20. The van der Waals surface area contributed by atoms with E-state index in [-0.39, 0.29) is 14.3 Å². The Balaban J connectivity index is 0.000000487. The van der Waals surface area contributed by atoms with Crippen LogP contribution < -0.4 is 4.46 Å². The van der Waals surface area contributed by atoms with E-state index >= 15 is 0 Å². The molecule has 90 valence electrons. The molecule has 2 radical (unpaired) electrons. The van der Waals surface area contributed by atoms with Gasteiger partial charge in [0.15, 0.2) is 0 Å². The maximum atomic E-state index is 12.4. The van der Waals surface area contributed by atoms with E-state index < -0.39 is 33.5 Å². The topological polar surface area (TPSA) is 0 Å². The molecule has 0 aromatic heterocycles. The molecule has 0 spiro atoms. The molecule has 7 heteroatoms. The molecule has 16 heavy (non-hydrogen) atoms. The SMILES string of the molecule is Fc1c(F)c(F)c([Se])c(F)c1F.[CH3][Ge]([CH3])[CH3]. The first-order valence-electron chi connectivity index (χ1n) is 4.15. The normalized spacial score (nSPS) is 10.1. The summed E-state index contributed by atoms with van der Waals surface area (Å²) in [5.74, 6) is -2.72. The molecule has 0 unspecified atom stereocenters. The molecule has 0 amide bonds. The summed E-state index contributed by atoms with van der Waals surface area (Å²) >= 11 is 1.42. The number of halogens is 5. The third-order valence-electron chi connectivity index (χ3n) is 1.17. The zero-order valence-electron chi connectivity index (χ0n) is 8.80. The summed E-state index contributed by atoms with van der Waals surface area (Å²) in [6, 6.07) is 0. The summed E-state index contributed by atoms with van der Waals surface area (Å²) in [6.07, 6.45) is 0. The molecule has 0 atom stereocenters. The zero-order valence-corrected chi connectivity index (χ0v) is 12.6. The molecular weight excluding hydrogens is 355 g/mol. The van der Waals surface area contributed by atoms with Crippen molar-refractivity contribution in [3.8, 4) is 0 Å². The molecule has 1 aromatic rings. The second kappa shape index (κ2) is 6.62. The van der Waals surface area contributed by atoms with Crippen LogP contribution in [0.15, 0.2) is 0 Å². The molecule has 0 aliphatic heterocycles. The fourth-order valence-electron chi connectivity index (χ4n) is 0.585. The summed E-state index contributed by atoms with van der Waals surface area (Å²) < 4.78 is 60.5. The number of benzene rings is 1. The van der Waals surface area contributed by atoms with E-state index in [4.69, 9.17) is 0 Å². The molecule has 0 aliphatic rings. The number of hydrogen-bond donors (Lipinski definition) is 0. The van der Waals surface area contributed by atoms with Gasteiger partial charge < -0.3 is 0 Å². The monoisotopic (exact) mass is 366 g/mol. The van der Waals surface area contributed by atoms with Crippen molar-refractivity contribution in [1.29, 1.82) is 0 Å². The Kier molecular flexibility index (Phi) is 6.59. The van der Waals surface area contributed by atoms with Gasteiger partial charge in [-0.1, -0.05) is 0 Å². The van der Waals surface area contributed by atoms with E-state index in [1.54, 1.807) is 16.0 Å². The summed E-state index contributed by atoms with van der Waals surface area (Å²) in [5, 5.41) is 0. The van der Waals surface area contributed by atoms with Crippen molar-refractivity contribution in [3.63, 3.8) is 0 Å². The molecule has 0 fully saturated rings. The van der Waals surface area contributed by atoms with Gasteiger partial charge in [-0.25, -0.2) is 0 Å². The average molecular weight is 364 g/mol. The maximum absolute atomic E-state index is 12.4. The summed E-state index contributed by atoms with van der Waals surface area (Å²) in [7, 11) is 0. The van der Waals surface area contributed by atoms with Crippen molar-refractivity contribution < 1.29 is 22.0 Å². The third-order valence-corrected chi connectivity index (χ3v) is 1.92. The first kappa shape index (κ1) is 15.9. The van der Waals surface area contributed by atoms with Gasteiger partial charge in [0.2, 0.25) is 0 Å². The Bertz CT molecular complexity index is 273. The second-order valence-electron chi connectivity index (χ2n) is 3.40. The molecule has 0 saturated heterocycles. The van der Waals surface area contributed by atoms with Crippen LogP contribution in [0.1, 0.15) is 0 Å². The van der Waals surface area contributed by atoms with Gasteiger partial charge in [0, 0.05) is 0 Å². The van der Waals surface area contributed by atoms with E-state index in [1.807, 2.05) is 0 Å². The predicted molar refractivity (Wildman–Crippen MR) is 55.0 cm³/mol. The van der Waals surface area contributed by atoms with Gasteiger partial charge in [-0.15, -0.1) is 0 Å². The van der Waals surface area contributed by atoms with Gasteiger partial charge >= 0.3 is 103 Å². The standard InChI is InChI=1S/C6F5Se.C3H9Ge/c7-1-2(8)4(10)6(12)5(11)3(1)9;1-4(2)3/h;1-3H3. The van der Waals surface area contributed by atoms with Crippen LogP contribution in [-0.2, 0) is 0 Å². The van der Waals surface area contributed by atoms with Crippen LogP contribution >= 0.6 is 0 Å². The number of rotatable bonds is 0. The van der Waals surface area contributed by atoms with Crippen LogP contribution in [0.3, 0.4) is 0 Å². The van der Waals surface area contributed by atoms with Gasteiger partial charge in [-0.2, -0.15) is 0 Å². The van der Waals surface area contributed by atoms with Gasteiger partial charge in [-0.05, 0) is 0 Å². The molecule has 0 saturated carbocycles. The molecule has 0 heterocycles. The molecule has 1 rings (SSSR count). The quantitative estimate of drug-likeness (QED) is 0.288. The predicted octanol–water partition coefficient (Wildman–Crippen LogP) is 2.55.